The maximum Gasteiger partial charge on any atom is 0.511 e. The lowest BCUT2D eigenvalue weighted by atomic mass is 9.49. The molecule has 0 aliphatic carbocycles. The molecule has 6 heterocycles. The van der Waals surface area contributed by atoms with Gasteiger partial charge < -0.3 is 32.9 Å². The Labute approximate surface area is 336 Å². The SMILES string of the molecule is Brc1cccc2c1C=[C+]N2.CC1(C)OB(B2OC(C)(C)C(C)(C)O2)OC1(C)C.CC1(C)OB(c2cccc3c2C=[C+]N3)OC1(C)C.c1ccc2[nH]ccc2c1. The Bertz CT molecular complexity index is 1950. The molecule has 0 amide bonds. The minimum atomic E-state index is -0.476. The quantitative estimate of drug-likeness (QED) is 0.136. The van der Waals surface area contributed by atoms with Crippen molar-refractivity contribution in [1.82, 2.24) is 4.98 Å². The lowest BCUT2D eigenvalue weighted by Crippen LogP contribution is -2.41. The number of hydrogen-bond donors (Lipinski definition) is 3. The summed E-state index contributed by atoms with van der Waals surface area (Å²) >= 11 is 3.44. The molecule has 13 heteroatoms. The molecule has 5 aliphatic rings. The fraction of sp³-hybridized carbons (Fsp3) is 0.429. The van der Waals surface area contributed by atoms with E-state index < -0.39 is 14.0 Å². The molecular weight excluding hydrogens is 755 g/mol. The Morgan fingerprint density at radius 1 is 0.509 bits per heavy atom. The van der Waals surface area contributed by atoms with Crippen LogP contribution in [0.4, 0.5) is 11.4 Å². The van der Waals surface area contributed by atoms with Crippen LogP contribution in [0.3, 0.4) is 0 Å². The number of H-pyrrole nitrogens is 1. The number of anilines is 2. The Balaban J connectivity index is 0.000000130. The molecule has 0 bridgehead atoms. The average molecular weight is 808 g/mol. The smallest absolute Gasteiger partial charge is 0.405 e. The molecule has 286 valence electrons. The van der Waals surface area contributed by atoms with Crippen LogP contribution >= 0.6 is 15.9 Å². The van der Waals surface area contributed by atoms with E-state index in [1.807, 2.05) is 122 Å². The molecule has 3 N–H and O–H groups in total. The van der Waals surface area contributed by atoms with Crippen molar-refractivity contribution in [1.29, 1.82) is 0 Å². The van der Waals surface area contributed by atoms with E-state index in [0.717, 1.165) is 26.9 Å². The maximum atomic E-state index is 6.08. The van der Waals surface area contributed by atoms with Gasteiger partial charge in [0.1, 0.15) is 24.6 Å². The van der Waals surface area contributed by atoms with E-state index in [1.165, 1.54) is 16.5 Å². The lowest BCUT2D eigenvalue weighted by molar-refractivity contribution is 0.00578. The van der Waals surface area contributed by atoms with Crippen LogP contribution in [0.1, 0.15) is 94.2 Å². The number of aromatic amines is 1. The molecule has 9 nitrogen and oxygen atoms in total. The van der Waals surface area contributed by atoms with Crippen molar-refractivity contribution in [3.8, 4) is 0 Å². The number of benzene rings is 3. The van der Waals surface area contributed by atoms with E-state index >= 15 is 0 Å². The first-order chi connectivity index (χ1) is 25.6. The number of rotatable bonds is 2. The summed E-state index contributed by atoms with van der Waals surface area (Å²) in [5.41, 5.74) is 4.68. The van der Waals surface area contributed by atoms with Crippen LogP contribution in [0.25, 0.3) is 23.1 Å². The number of halogens is 1. The van der Waals surface area contributed by atoms with E-state index in [4.69, 9.17) is 27.9 Å². The molecule has 0 spiro atoms. The number of hydrogen-bond acceptors (Lipinski definition) is 8. The van der Waals surface area contributed by atoms with Crippen molar-refractivity contribution in [2.75, 3.05) is 10.6 Å². The van der Waals surface area contributed by atoms with Crippen LogP contribution in [0, 0.1) is 12.4 Å². The summed E-state index contributed by atoms with van der Waals surface area (Å²) in [6, 6.07) is 22.4. The summed E-state index contributed by atoms with van der Waals surface area (Å²) in [6.07, 6.45) is 11.7. The van der Waals surface area contributed by atoms with Gasteiger partial charge in [-0.15, -0.1) is 0 Å². The molecule has 3 aromatic carbocycles. The first-order valence-corrected chi connectivity index (χ1v) is 19.6. The van der Waals surface area contributed by atoms with Crippen molar-refractivity contribution < 1.29 is 27.9 Å². The third-order valence-electron chi connectivity index (χ3n) is 11.8. The van der Waals surface area contributed by atoms with E-state index in [2.05, 4.69) is 89.8 Å². The molecular formula is C42H53B3BrN3O6+2. The second-order valence-electron chi connectivity index (χ2n) is 17.2. The largest absolute Gasteiger partial charge is 0.511 e. The van der Waals surface area contributed by atoms with Gasteiger partial charge in [0.2, 0.25) is 0 Å². The molecule has 0 atom stereocenters. The third kappa shape index (κ3) is 8.47. The lowest BCUT2D eigenvalue weighted by Gasteiger charge is -2.32. The van der Waals surface area contributed by atoms with Gasteiger partial charge in [-0.2, -0.15) is 10.6 Å². The average Bonchev–Trinajstić information content (AvgIpc) is 3.94. The van der Waals surface area contributed by atoms with Crippen LogP contribution in [0.15, 0.2) is 77.4 Å². The highest BCUT2D eigenvalue weighted by Gasteiger charge is 2.63. The Morgan fingerprint density at radius 2 is 0.964 bits per heavy atom. The van der Waals surface area contributed by atoms with Crippen molar-refractivity contribution in [2.24, 2.45) is 0 Å². The van der Waals surface area contributed by atoms with Gasteiger partial charge in [0, 0.05) is 23.8 Å². The van der Waals surface area contributed by atoms with Gasteiger partial charge in [-0.05, 0) is 141 Å². The molecule has 0 saturated carbocycles. The number of fused-ring (bicyclic) bond motifs is 3. The van der Waals surface area contributed by atoms with Crippen molar-refractivity contribution in [3.63, 3.8) is 0 Å². The predicted octanol–water partition coefficient (Wildman–Crippen LogP) is 9.25. The second kappa shape index (κ2) is 15.1. The van der Waals surface area contributed by atoms with Crippen LogP contribution in [-0.4, -0.2) is 59.7 Å². The standard InChI is InChI=1S/C14H17BNO2.C12H24B2O4.C8H5BrN.C8H7N/c1-13(2)14(3,4)18-15(17-13)11-6-5-7-12-10(11)8-9-16-12;1-9(2)10(3,4)16-13(15-9)14-17-11(5,6)12(7,8)18-14;9-7-2-1-3-8-6(7)4-5-10-8;1-2-4-8-7(3-1)5-6-9-8/h5-8,16H,1-4H3;1-8H3;1-4,10H;1-6,9H/q+1;;+1;. The highest BCUT2D eigenvalue weighted by molar-refractivity contribution is 9.10. The summed E-state index contributed by atoms with van der Waals surface area (Å²) in [7, 11) is -1.27. The van der Waals surface area contributed by atoms with Gasteiger partial charge in [-0.1, -0.05) is 18.2 Å². The van der Waals surface area contributed by atoms with Gasteiger partial charge in [-0.25, -0.2) is 0 Å². The van der Waals surface area contributed by atoms with Gasteiger partial charge >= 0.3 is 21.1 Å². The van der Waals surface area contributed by atoms with Gasteiger partial charge in [0.15, 0.2) is 22.5 Å². The highest BCUT2D eigenvalue weighted by atomic mass is 79.9. The number of nitrogens with one attached hydrogen (secondary N) is 3. The first kappa shape index (κ1) is 41.2. The van der Waals surface area contributed by atoms with Gasteiger partial charge in [0.25, 0.3) is 0 Å². The summed E-state index contributed by atoms with van der Waals surface area (Å²) in [5, 5.41) is 7.37. The molecule has 55 heavy (non-hydrogen) atoms. The fourth-order valence-electron chi connectivity index (χ4n) is 6.19. The zero-order valence-corrected chi connectivity index (χ0v) is 35.7. The van der Waals surface area contributed by atoms with Crippen molar-refractivity contribution in [3.05, 3.63) is 101 Å². The molecule has 1 aromatic heterocycles. The Kier molecular flexibility index (Phi) is 11.3. The molecule has 0 radical (unpaired) electrons. The van der Waals surface area contributed by atoms with Gasteiger partial charge in [-0.3, -0.25) is 0 Å². The van der Waals surface area contributed by atoms with E-state index in [9.17, 15) is 0 Å². The van der Waals surface area contributed by atoms with E-state index in [0.29, 0.717) is 0 Å². The zero-order valence-electron chi connectivity index (χ0n) is 34.1. The van der Waals surface area contributed by atoms with Crippen LogP contribution < -0.4 is 16.1 Å². The topological polar surface area (TPSA) is 95.2 Å². The molecule has 0 unspecified atom stereocenters. The first-order valence-electron chi connectivity index (χ1n) is 18.8. The van der Waals surface area contributed by atoms with E-state index in [-0.39, 0.29) is 40.7 Å². The summed E-state index contributed by atoms with van der Waals surface area (Å²) in [6.45, 7) is 24.5. The molecule has 5 aliphatic heterocycles. The van der Waals surface area contributed by atoms with Crippen molar-refractivity contribution >= 4 is 77.0 Å². The summed E-state index contributed by atoms with van der Waals surface area (Å²) in [4.78, 5) is 3.12. The van der Waals surface area contributed by atoms with E-state index in [1.54, 1.807) is 0 Å². The van der Waals surface area contributed by atoms with Crippen molar-refractivity contribution in [2.45, 2.75) is 117 Å². The van der Waals surface area contributed by atoms with Crippen LogP contribution in [-0.2, 0) is 27.9 Å². The third-order valence-corrected chi connectivity index (χ3v) is 12.5. The number of aromatic nitrogens is 1. The Hall–Kier alpha value is -3.47. The molecule has 3 fully saturated rings. The molecule has 3 saturated heterocycles. The normalized spacial score (nSPS) is 21.7. The highest BCUT2D eigenvalue weighted by Crippen LogP contribution is 2.43. The maximum absolute atomic E-state index is 6.08. The monoisotopic (exact) mass is 807 g/mol. The van der Waals surface area contributed by atoms with Gasteiger partial charge in [0.05, 0.1) is 43.5 Å². The fourth-order valence-corrected chi connectivity index (χ4v) is 6.67. The van der Waals surface area contributed by atoms with Crippen LogP contribution in [0.5, 0.6) is 0 Å². The van der Waals surface area contributed by atoms with Crippen LogP contribution in [0.2, 0.25) is 0 Å². The second-order valence-corrected chi connectivity index (χ2v) is 18.1. The summed E-state index contributed by atoms with van der Waals surface area (Å²) < 4.78 is 37.1. The Morgan fingerprint density at radius 3 is 1.47 bits per heavy atom. The predicted molar refractivity (Wildman–Crippen MR) is 229 cm³/mol. The molecule has 4 aromatic rings. The number of para-hydroxylation sites is 1. The minimum absolute atomic E-state index is 0.306. The minimum Gasteiger partial charge on any atom is -0.405 e. The molecule has 9 rings (SSSR count). The summed E-state index contributed by atoms with van der Waals surface area (Å²) in [5.74, 6) is 0. The zero-order chi connectivity index (χ0) is 40.0.